The summed E-state index contributed by atoms with van der Waals surface area (Å²) in [6, 6.07) is 4.28. The standard InChI is InChI=1S/C14H20BBrO2/c1-9-7-10(2)12(16)11(8-9)15-17-13(3,4)14(5,6)18-15/h7-8H,1-6H3. The Balaban J connectivity index is 2.41. The number of benzene rings is 1. The van der Waals surface area contributed by atoms with Gasteiger partial charge in [-0.3, -0.25) is 0 Å². The first-order valence-corrected chi connectivity index (χ1v) is 7.06. The predicted octanol–water partition coefficient (Wildman–Crippen LogP) is 3.37. The van der Waals surface area contributed by atoms with E-state index < -0.39 is 0 Å². The zero-order valence-corrected chi connectivity index (χ0v) is 13.5. The summed E-state index contributed by atoms with van der Waals surface area (Å²) in [5, 5.41) is 0. The molecule has 0 unspecified atom stereocenters. The third-order valence-electron chi connectivity index (χ3n) is 3.93. The second kappa shape index (κ2) is 4.36. The van der Waals surface area contributed by atoms with Crippen LogP contribution in [0.1, 0.15) is 38.8 Å². The molecule has 0 saturated carbocycles. The maximum absolute atomic E-state index is 6.09. The lowest BCUT2D eigenvalue weighted by atomic mass is 9.77. The summed E-state index contributed by atoms with van der Waals surface area (Å²) in [6.07, 6.45) is 0. The van der Waals surface area contributed by atoms with E-state index in [9.17, 15) is 0 Å². The van der Waals surface area contributed by atoms with Gasteiger partial charge in [-0.25, -0.2) is 0 Å². The Bertz CT molecular complexity index is 467. The number of hydrogen-bond donors (Lipinski definition) is 0. The van der Waals surface area contributed by atoms with Gasteiger partial charge in [0.2, 0.25) is 0 Å². The SMILES string of the molecule is Cc1cc(C)c(Br)c(B2OC(C)(C)C(C)(C)O2)c1. The Hall–Kier alpha value is -0.315. The molecular weight excluding hydrogens is 291 g/mol. The molecule has 0 spiro atoms. The van der Waals surface area contributed by atoms with Crippen molar-refractivity contribution in [3.8, 4) is 0 Å². The highest BCUT2D eigenvalue weighted by Gasteiger charge is 2.52. The summed E-state index contributed by atoms with van der Waals surface area (Å²) in [5.74, 6) is 0. The molecule has 0 radical (unpaired) electrons. The molecule has 98 valence electrons. The van der Waals surface area contributed by atoms with Gasteiger partial charge in [-0.1, -0.05) is 33.6 Å². The summed E-state index contributed by atoms with van der Waals surface area (Å²) in [7, 11) is -0.303. The van der Waals surface area contributed by atoms with Gasteiger partial charge in [-0.2, -0.15) is 0 Å². The lowest BCUT2D eigenvalue weighted by Gasteiger charge is -2.32. The summed E-state index contributed by atoms with van der Waals surface area (Å²) < 4.78 is 13.3. The van der Waals surface area contributed by atoms with E-state index in [0.717, 1.165) is 9.94 Å². The lowest BCUT2D eigenvalue weighted by Crippen LogP contribution is -2.41. The van der Waals surface area contributed by atoms with Crippen LogP contribution in [0, 0.1) is 13.8 Å². The first-order valence-electron chi connectivity index (χ1n) is 6.26. The fourth-order valence-electron chi connectivity index (χ4n) is 2.12. The number of halogens is 1. The summed E-state index contributed by atoms with van der Waals surface area (Å²) in [6.45, 7) is 12.5. The van der Waals surface area contributed by atoms with Crippen LogP contribution in [0.4, 0.5) is 0 Å². The van der Waals surface area contributed by atoms with Crippen molar-refractivity contribution in [1.29, 1.82) is 0 Å². The molecule has 1 saturated heterocycles. The third-order valence-corrected chi connectivity index (χ3v) is 5.02. The van der Waals surface area contributed by atoms with Gasteiger partial charge in [-0.15, -0.1) is 0 Å². The minimum atomic E-state index is -0.303. The third kappa shape index (κ3) is 2.26. The molecule has 0 N–H and O–H groups in total. The van der Waals surface area contributed by atoms with E-state index in [0.29, 0.717) is 0 Å². The van der Waals surface area contributed by atoms with E-state index in [-0.39, 0.29) is 18.3 Å². The molecule has 0 bridgehead atoms. The van der Waals surface area contributed by atoms with Gasteiger partial charge in [0.05, 0.1) is 11.2 Å². The molecule has 1 fully saturated rings. The van der Waals surface area contributed by atoms with Gasteiger partial charge < -0.3 is 9.31 Å². The number of hydrogen-bond acceptors (Lipinski definition) is 2. The van der Waals surface area contributed by atoms with Crippen LogP contribution < -0.4 is 5.46 Å². The predicted molar refractivity (Wildman–Crippen MR) is 79.3 cm³/mol. The minimum absolute atomic E-state index is 0.297. The lowest BCUT2D eigenvalue weighted by molar-refractivity contribution is 0.00578. The van der Waals surface area contributed by atoms with E-state index in [2.05, 4.69) is 69.6 Å². The maximum atomic E-state index is 6.09. The van der Waals surface area contributed by atoms with Crippen molar-refractivity contribution in [2.24, 2.45) is 0 Å². The van der Waals surface area contributed by atoms with Crippen molar-refractivity contribution in [3.63, 3.8) is 0 Å². The van der Waals surface area contributed by atoms with Crippen LogP contribution in [0.15, 0.2) is 16.6 Å². The maximum Gasteiger partial charge on any atom is 0.496 e. The van der Waals surface area contributed by atoms with E-state index >= 15 is 0 Å². The van der Waals surface area contributed by atoms with E-state index in [4.69, 9.17) is 9.31 Å². The molecule has 1 aromatic rings. The summed E-state index contributed by atoms with van der Waals surface area (Å²) in [4.78, 5) is 0. The van der Waals surface area contributed by atoms with Crippen molar-refractivity contribution in [2.75, 3.05) is 0 Å². The molecule has 0 aromatic heterocycles. The smallest absolute Gasteiger partial charge is 0.399 e. The fourth-order valence-corrected chi connectivity index (χ4v) is 2.54. The van der Waals surface area contributed by atoms with Crippen molar-refractivity contribution >= 4 is 28.5 Å². The Morgan fingerprint density at radius 3 is 2.00 bits per heavy atom. The van der Waals surface area contributed by atoms with Crippen molar-refractivity contribution in [2.45, 2.75) is 52.7 Å². The minimum Gasteiger partial charge on any atom is -0.399 e. The van der Waals surface area contributed by atoms with Crippen LogP contribution in [0.25, 0.3) is 0 Å². The average Bonchev–Trinajstić information content (AvgIpc) is 2.42. The van der Waals surface area contributed by atoms with Crippen LogP contribution in [-0.2, 0) is 9.31 Å². The largest absolute Gasteiger partial charge is 0.496 e. The second-order valence-electron chi connectivity index (χ2n) is 6.07. The Morgan fingerprint density at radius 2 is 1.50 bits per heavy atom. The van der Waals surface area contributed by atoms with Gasteiger partial charge in [-0.05, 0) is 52.6 Å². The molecular formula is C14H20BBrO2. The molecule has 2 nitrogen and oxygen atoms in total. The van der Waals surface area contributed by atoms with Crippen molar-refractivity contribution < 1.29 is 9.31 Å². The molecule has 1 aliphatic heterocycles. The van der Waals surface area contributed by atoms with Gasteiger partial charge in [0.25, 0.3) is 0 Å². The zero-order chi connectivity index (χ0) is 13.7. The van der Waals surface area contributed by atoms with E-state index in [1.54, 1.807) is 0 Å². The molecule has 1 aliphatic rings. The molecule has 0 amide bonds. The Labute approximate surface area is 118 Å². The zero-order valence-electron chi connectivity index (χ0n) is 11.9. The highest BCUT2D eigenvalue weighted by molar-refractivity contribution is 9.10. The van der Waals surface area contributed by atoms with Crippen molar-refractivity contribution in [3.05, 3.63) is 27.7 Å². The first-order chi connectivity index (χ1) is 8.14. The van der Waals surface area contributed by atoms with Gasteiger partial charge >= 0.3 is 7.12 Å². The van der Waals surface area contributed by atoms with Gasteiger partial charge in [0, 0.05) is 4.47 Å². The van der Waals surface area contributed by atoms with Crippen LogP contribution in [0.2, 0.25) is 0 Å². The Kier molecular flexibility index (Phi) is 3.42. The summed E-state index contributed by atoms with van der Waals surface area (Å²) in [5.41, 5.74) is 2.91. The van der Waals surface area contributed by atoms with Gasteiger partial charge in [0.15, 0.2) is 0 Å². The van der Waals surface area contributed by atoms with Crippen LogP contribution >= 0.6 is 15.9 Å². The number of rotatable bonds is 1. The normalized spacial score (nSPS) is 21.4. The van der Waals surface area contributed by atoms with E-state index in [1.165, 1.54) is 11.1 Å². The molecule has 0 aliphatic carbocycles. The van der Waals surface area contributed by atoms with E-state index in [1.807, 2.05) is 0 Å². The van der Waals surface area contributed by atoms with Crippen LogP contribution in [0.5, 0.6) is 0 Å². The molecule has 0 atom stereocenters. The second-order valence-corrected chi connectivity index (χ2v) is 6.87. The summed E-state index contributed by atoms with van der Waals surface area (Å²) >= 11 is 3.64. The topological polar surface area (TPSA) is 18.5 Å². The molecule has 1 heterocycles. The Morgan fingerprint density at radius 1 is 1.00 bits per heavy atom. The number of aryl methyl sites for hydroxylation is 2. The van der Waals surface area contributed by atoms with Crippen molar-refractivity contribution in [1.82, 2.24) is 0 Å². The monoisotopic (exact) mass is 310 g/mol. The molecule has 4 heteroatoms. The fraction of sp³-hybridized carbons (Fsp3) is 0.571. The average molecular weight is 311 g/mol. The van der Waals surface area contributed by atoms with Crippen LogP contribution in [0.3, 0.4) is 0 Å². The molecule has 18 heavy (non-hydrogen) atoms. The first kappa shape index (κ1) is 14.1. The highest BCUT2D eigenvalue weighted by atomic mass is 79.9. The highest BCUT2D eigenvalue weighted by Crippen LogP contribution is 2.37. The van der Waals surface area contributed by atoms with Crippen LogP contribution in [-0.4, -0.2) is 18.3 Å². The molecule has 2 rings (SSSR count). The quantitative estimate of drug-likeness (QED) is 0.741. The van der Waals surface area contributed by atoms with Gasteiger partial charge in [0.1, 0.15) is 0 Å². The molecule has 1 aromatic carbocycles.